The topological polar surface area (TPSA) is 87.9 Å². The van der Waals surface area contributed by atoms with Gasteiger partial charge in [-0.25, -0.2) is 4.79 Å². The molecule has 2 heterocycles. The van der Waals surface area contributed by atoms with Crippen LogP contribution in [0.1, 0.15) is 30.6 Å². The van der Waals surface area contributed by atoms with E-state index in [9.17, 15) is 18.0 Å². The van der Waals surface area contributed by atoms with Crippen molar-refractivity contribution in [2.75, 3.05) is 45.9 Å². The molecule has 1 aromatic rings. The third kappa shape index (κ3) is 8.26. The van der Waals surface area contributed by atoms with Gasteiger partial charge < -0.3 is 14.7 Å². The lowest BCUT2D eigenvalue weighted by Crippen LogP contribution is -2.39. The SMILES string of the molecule is CCN(CCCN1CCOCC1)C(=O)c1cnn(CC)c1.O=C(O)C(F)(F)F. The average Bonchev–Trinajstić information content (AvgIpc) is 3.14. The van der Waals surface area contributed by atoms with Gasteiger partial charge >= 0.3 is 12.1 Å². The van der Waals surface area contributed by atoms with Gasteiger partial charge in [-0.2, -0.15) is 18.3 Å². The highest BCUT2D eigenvalue weighted by atomic mass is 19.4. The maximum Gasteiger partial charge on any atom is 0.490 e. The summed E-state index contributed by atoms with van der Waals surface area (Å²) >= 11 is 0. The van der Waals surface area contributed by atoms with E-state index in [1.165, 1.54) is 0 Å². The lowest BCUT2D eigenvalue weighted by atomic mass is 10.2. The molecule has 0 aliphatic carbocycles. The van der Waals surface area contributed by atoms with Gasteiger partial charge in [0.15, 0.2) is 0 Å². The van der Waals surface area contributed by atoms with E-state index < -0.39 is 12.1 Å². The van der Waals surface area contributed by atoms with Crippen LogP contribution in [0, 0.1) is 0 Å². The van der Waals surface area contributed by atoms with Crippen molar-refractivity contribution in [3.63, 3.8) is 0 Å². The summed E-state index contributed by atoms with van der Waals surface area (Å²) in [6.07, 6.45) is -0.592. The van der Waals surface area contributed by atoms with Crippen LogP contribution in [0.3, 0.4) is 0 Å². The van der Waals surface area contributed by atoms with Crippen LogP contribution in [0.25, 0.3) is 0 Å². The van der Waals surface area contributed by atoms with Crippen molar-refractivity contribution >= 4 is 11.9 Å². The third-order valence-corrected chi connectivity index (χ3v) is 4.12. The molecule has 11 heteroatoms. The number of aromatic nitrogens is 2. The molecule has 8 nitrogen and oxygen atoms in total. The molecule has 0 bridgehead atoms. The molecule has 0 atom stereocenters. The van der Waals surface area contributed by atoms with Crippen LogP contribution < -0.4 is 0 Å². The van der Waals surface area contributed by atoms with E-state index in [1.54, 1.807) is 10.9 Å². The number of carbonyl (C=O) groups excluding carboxylic acids is 1. The van der Waals surface area contributed by atoms with Crippen molar-refractivity contribution in [2.45, 2.75) is 33.0 Å². The summed E-state index contributed by atoms with van der Waals surface area (Å²) in [6.45, 7) is 11.0. The molecular weight excluding hydrogens is 381 g/mol. The van der Waals surface area contributed by atoms with E-state index in [2.05, 4.69) is 10.00 Å². The molecular formula is C17H27F3N4O4. The number of aliphatic carboxylic acids is 1. The Labute approximate surface area is 161 Å². The first-order valence-corrected chi connectivity index (χ1v) is 9.11. The summed E-state index contributed by atoms with van der Waals surface area (Å²) < 4.78 is 38.9. The minimum atomic E-state index is -5.08. The standard InChI is InChI=1S/C15H26N4O2.C2HF3O2/c1-3-18(7-5-6-17-8-10-21-11-9-17)15(20)14-12-16-19(4-2)13-14;3-2(4,5)1(6)7/h12-13H,3-11H2,1-2H3;(H,6,7). The molecule has 1 saturated heterocycles. The van der Waals surface area contributed by atoms with Gasteiger partial charge in [0.25, 0.3) is 5.91 Å². The zero-order valence-electron chi connectivity index (χ0n) is 16.1. The maximum absolute atomic E-state index is 12.4. The average molecular weight is 408 g/mol. The van der Waals surface area contributed by atoms with Crippen molar-refractivity contribution in [1.29, 1.82) is 0 Å². The maximum atomic E-state index is 12.4. The smallest absolute Gasteiger partial charge is 0.475 e. The van der Waals surface area contributed by atoms with Gasteiger partial charge in [0.05, 0.1) is 25.0 Å². The number of ether oxygens (including phenoxy) is 1. The van der Waals surface area contributed by atoms with Crippen molar-refractivity contribution in [3.8, 4) is 0 Å². The molecule has 1 aromatic heterocycles. The predicted octanol–water partition coefficient (Wildman–Crippen LogP) is 1.72. The number of rotatable bonds is 7. The molecule has 2 rings (SSSR count). The van der Waals surface area contributed by atoms with E-state index in [1.807, 2.05) is 24.9 Å². The normalized spacial score (nSPS) is 14.9. The van der Waals surface area contributed by atoms with Crippen molar-refractivity contribution in [3.05, 3.63) is 18.0 Å². The van der Waals surface area contributed by atoms with Crippen molar-refractivity contribution < 1.29 is 32.6 Å². The van der Waals surface area contributed by atoms with Crippen molar-refractivity contribution in [1.82, 2.24) is 19.6 Å². The number of morpholine rings is 1. The molecule has 0 saturated carbocycles. The quantitative estimate of drug-likeness (QED) is 0.739. The number of halogens is 3. The van der Waals surface area contributed by atoms with E-state index in [-0.39, 0.29) is 5.91 Å². The summed E-state index contributed by atoms with van der Waals surface area (Å²) in [5.41, 5.74) is 0.685. The number of nitrogens with zero attached hydrogens (tertiary/aromatic N) is 4. The Kier molecular flexibility index (Phi) is 9.94. The van der Waals surface area contributed by atoms with Gasteiger partial charge in [-0.15, -0.1) is 0 Å². The molecule has 1 aliphatic rings. The second-order valence-electron chi connectivity index (χ2n) is 6.08. The Bertz CT molecular complexity index is 616. The Morgan fingerprint density at radius 2 is 1.89 bits per heavy atom. The molecule has 1 fully saturated rings. The largest absolute Gasteiger partial charge is 0.490 e. The first-order chi connectivity index (χ1) is 13.2. The zero-order valence-corrected chi connectivity index (χ0v) is 16.1. The number of carboxylic acids is 1. The second-order valence-corrected chi connectivity index (χ2v) is 6.08. The van der Waals surface area contributed by atoms with Crippen LogP contribution in [0.15, 0.2) is 12.4 Å². The monoisotopic (exact) mass is 408 g/mol. The van der Waals surface area contributed by atoms with Crippen LogP contribution in [0.2, 0.25) is 0 Å². The predicted molar refractivity (Wildman–Crippen MR) is 95.0 cm³/mol. The van der Waals surface area contributed by atoms with Gasteiger partial charge in [-0.3, -0.25) is 14.4 Å². The van der Waals surface area contributed by atoms with Gasteiger partial charge in [0.2, 0.25) is 0 Å². The molecule has 1 N–H and O–H groups in total. The van der Waals surface area contributed by atoms with Crippen LogP contribution in [-0.2, 0) is 16.1 Å². The molecule has 28 heavy (non-hydrogen) atoms. The van der Waals surface area contributed by atoms with Crippen LogP contribution in [0.5, 0.6) is 0 Å². The Morgan fingerprint density at radius 1 is 1.29 bits per heavy atom. The van der Waals surface area contributed by atoms with Crippen molar-refractivity contribution in [2.24, 2.45) is 0 Å². The number of amides is 1. The van der Waals surface area contributed by atoms with Crippen LogP contribution >= 0.6 is 0 Å². The van der Waals surface area contributed by atoms with Gasteiger partial charge in [-0.1, -0.05) is 0 Å². The lowest BCUT2D eigenvalue weighted by Gasteiger charge is -2.28. The Morgan fingerprint density at radius 3 is 2.36 bits per heavy atom. The molecule has 1 aliphatic heterocycles. The first kappa shape index (κ1) is 23.9. The van der Waals surface area contributed by atoms with Gasteiger partial charge in [0.1, 0.15) is 0 Å². The van der Waals surface area contributed by atoms with Gasteiger partial charge in [0, 0.05) is 45.5 Å². The second kappa shape index (κ2) is 11.6. The number of hydrogen-bond acceptors (Lipinski definition) is 5. The first-order valence-electron chi connectivity index (χ1n) is 9.11. The third-order valence-electron chi connectivity index (χ3n) is 4.12. The molecule has 0 spiro atoms. The van der Waals surface area contributed by atoms with Crippen LogP contribution in [0.4, 0.5) is 13.2 Å². The number of carboxylic acid groups (broad SMARTS) is 1. The molecule has 0 aromatic carbocycles. The molecule has 160 valence electrons. The molecule has 0 unspecified atom stereocenters. The lowest BCUT2D eigenvalue weighted by molar-refractivity contribution is -0.192. The molecule has 1 amide bonds. The fourth-order valence-corrected chi connectivity index (χ4v) is 2.54. The number of carbonyl (C=O) groups is 2. The number of aryl methyl sites for hydroxylation is 1. The summed E-state index contributed by atoms with van der Waals surface area (Å²) in [5, 5.41) is 11.3. The van der Waals surface area contributed by atoms with E-state index >= 15 is 0 Å². The minimum absolute atomic E-state index is 0.0826. The van der Waals surface area contributed by atoms with Gasteiger partial charge in [-0.05, 0) is 20.3 Å². The highest BCUT2D eigenvalue weighted by Crippen LogP contribution is 2.13. The minimum Gasteiger partial charge on any atom is -0.475 e. The Balaban J connectivity index is 0.000000480. The summed E-state index contributed by atoms with van der Waals surface area (Å²) in [7, 11) is 0. The fourth-order valence-electron chi connectivity index (χ4n) is 2.54. The highest BCUT2D eigenvalue weighted by molar-refractivity contribution is 5.93. The van der Waals surface area contributed by atoms with E-state index in [0.29, 0.717) is 5.56 Å². The Hall–Kier alpha value is -2.14. The summed E-state index contributed by atoms with van der Waals surface area (Å²) in [6, 6.07) is 0. The van der Waals surface area contributed by atoms with E-state index in [0.717, 1.165) is 58.9 Å². The number of hydrogen-bond donors (Lipinski definition) is 1. The highest BCUT2D eigenvalue weighted by Gasteiger charge is 2.38. The fraction of sp³-hybridized carbons (Fsp3) is 0.706. The zero-order chi connectivity index (χ0) is 21.2. The summed E-state index contributed by atoms with van der Waals surface area (Å²) in [4.78, 5) is 25.6. The summed E-state index contributed by atoms with van der Waals surface area (Å²) in [5.74, 6) is -2.67. The number of alkyl halides is 3. The molecule has 0 radical (unpaired) electrons. The van der Waals surface area contributed by atoms with Crippen LogP contribution in [-0.4, -0.2) is 88.7 Å². The van der Waals surface area contributed by atoms with E-state index in [4.69, 9.17) is 14.6 Å².